The molecule has 261 valence electrons. The van der Waals surface area contributed by atoms with Gasteiger partial charge < -0.3 is 0 Å². The van der Waals surface area contributed by atoms with E-state index < -0.39 is 111 Å². The molecule has 2 rings (SSSR count). The summed E-state index contributed by atoms with van der Waals surface area (Å²) in [5.41, 5.74) is -3.03. The summed E-state index contributed by atoms with van der Waals surface area (Å²) in [7, 11) is 0. The Labute approximate surface area is 273 Å². The summed E-state index contributed by atoms with van der Waals surface area (Å²) in [4.78, 5) is 0. The molecule has 0 N–H and O–H groups in total. The van der Waals surface area contributed by atoms with E-state index in [1.807, 2.05) is 0 Å². The molecule has 2 nitrogen and oxygen atoms in total. The van der Waals surface area contributed by atoms with Crippen molar-refractivity contribution in [1.29, 1.82) is 0 Å². The van der Waals surface area contributed by atoms with E-state index in [1.165, 1.54) is 60.7 Å². The number of benzene rings is 2. The van der Waals surface area contributed by atoms with Gasteiger partial charge in [-0.15, -0.1) is 0 Å². The number of halogens is 12. The van der Waals surface area contributed by atoms with E-state index in [2.05, 4.69) is 0 Å². The van der Waals surface area contributed by atoms with Gasteiger partial charge in [-0.3, -0.25) is 0 Å². The molecule has 0 bridgehead atoms. The first-order chi connectivity index (χ1) is 21.2. The van der Waals surface area contributed by atoms with E-state index >= 15 is 43.9 Å². The minimum atomic E-state index is -9.15. The number of hydrogen-bond acceptors (Lipinski definition) is 2. The molecule has 0 aliphatic heterocycles. The van der Waals surface area contributed by atoms with Crippen LogP contribution in [0.2, 0.25) is 0 Å². The molecule has 2 aromatic rings. The fraction of sp³-hybridized carbons (Fsp3) is 0.600. The maximum atomic E-state index is 16.6. The van der Waals surface area contributed by atoms with Crippen LogP contribution in [0.25, 0.3) is 0 Å². The monoisotopic (exact) mass is 897 g/mol. The van der Waals surface area contributed by atoms with Crippen LogP contribution < -0.4 is 0 Å². The zero-order valence-electron chi connectivity index (χ0n) is 25.8. The van der Waals surface area contributed by atoms with Crippen molar-refractivity contribution in [1.82, 2.24) is 0 Å². The predicted molar refractivity (Wildman–Crippen MR) is 154 cm³/mol. The van der Waals surface area contributed by atoms with Crippen molar-refractivity contribution in [2.75, 3.05) is 0 Å². The van der Waals surface area contributed by atoms with E-state index in [0.717, 1.165) is 34.6 Å². The Morgan fingerprint density at radius 3 is 1.15 bits per heavy atom. The van der Waals surface area contributed by atoms with Crippen molar-refractivity contribution >= 4 is 39.4 Å². The van der Waals surface area contributed by atoms with Crippen LogP contribution in [0.3, 0.4) is 0 Å². The summed E-state index contributed by atoms with van der Waals surface area (Å²) in [5.74, 6) is 0. The molecule has 0 aliphatic rings. The Bertz CT molecular complexity index is 1140. The van der Waals surface area contributed by atoms with Gasteiger partial charge in [0.2, 0.25) is 0 Å². The molecule has 0 saturated carbocycles. The second kappa shape index (κ2) is 15.8. The third kappa shape index (κ3) is 7.63. The first kappa shape index (κ1) is 41.3. The first-order valence-electron chi connectivity index (χ1n) is 14.6. The quantitative estimate of drug-likeness (QED) is 0.110. The van der Waals surface area contributed by atoms with Gasteiger partial charge in [-0.1, -0.05) is 0 Å². The van der Waals surface area contributed by atoms with Crippen molar-refractivity contribution in [2.45, 2.75) is 106 Å². The summed E-state index contributed by atoms with van der Waals surface area (Å²) in [6.45, 7) is 3.99. The Hall–Kier alpha value is -0.883. The average molecular weight is 895 g/mol. The molecule has 0 amide bonds. The summed E-state index contributed by atoms with van der Waals surface area (Å²) < 4.78 is 177. The van der Waals surface area contributed by atoms with Gasteiger partial charge in [0.25, 0.3) is 0 Å². The second-order valence-corrected chi connectivity index (χ2v) is 29.0. The third-order valence-electron chi connectivity index (χ3n) is 7.73. The molecule has 0 fully saturated rings. The molecule has 0 spiro atoms. The third-order valence-corrected chi connectivity index (χ3v) is 32.6. The molecule has 16 heteroatoms. The van der Waals surface area contributed by atoms with Gasteiger partial charge in [-0.25, -0.2) is 0 Å². The molecular weight excluding hydrogens is 858 g/mol. The number of alkyl halides is 12. The number of hydrogen-bond donors (Lipinski definition) is 0. The van der Waals surface area contributed by atoms with Gasteiger partial charge >= 0.3 is 275 Å². The van der Waals surface area contributed by atoms with E-state index in [4.69, 9.17) is 4.49 Å². The number of rotatable bonds is 18. The van der Waals surface area contributed by atoms with Gasteiger partial charge in [0.05, 0.1) is 0 Å². The molecule has 2 aromatic carbocycles. The summed E-state index contributed by atoms with van der Waals surface area (Å²) in [5, 5.41) is 0. The molecule has 46 heavy (non-hydrogen) atoms. The van der Waals surface area contributed by atoms with Crippen LogP contribution in [0.5, 0.6) is 0 Å². The van der Waals surface area contributed by atoms with Crippen molar-refractivity contribution < 1.29 is 57.2 Å². The Balaban J connectivity index is 3.23. The van der Waals surface area contributed by atoms with Crippen LogP contribution in [0.1, 0.15) is 71.4 Å². The van der Waals surface area contributed by atoms with Crippen LogP contribution in [-0.2, 0) is 10.1 Å². The van der Waals surface area contributed by atoms with Crippen LogP contribution in [-0.4, -0.2) is 79.8 Å². The first-order valence-corrected chi connectivity index (χ1v) is 23.8. The van der Waals surface area contributed by atoms with E-state index in [0.29, 0.717) is 0 Å². The SMILES string of the molecule is CCC(F)[C](F)(F)[Sn]([O][Sn]([O]C(C)(c1ccccc1)c1ccccc1)([C](F)(F)C(F)CC)[C](F)(F)C(F)CC)[C](F)(F)C(F)CC. The Morgan fingerprint density at radius 1 is 0.565 bits per heavy atom. The van der Waals surface area contributed by atoms with Gasteiger partial charge in [0.1, 0.15) is 0 Å². The fourth-order valence-electron chi connectivity index (χ4n) is 4.82. The van der Waals surface area contributed by atoms with Crippen molar-refractivity contribution in [3.8, 4) is 0 Å². The fourth-order valence-corrected chi connectivity index (χ4v) is 36.0. The van der Waals surface area contributed by atoms with Crippen LogP contribution in [0.15, 0.2) is 60.7 Å². The molecule has 0 aliphatic carbocycles. The van der Waals surface area contributed by atoms with E-state index in [1.54, 1.807) is 0 Å². The summed E-state index contributed by atoms with van der Waals surface area (Å²) in [6.07, 6.45) is -19.5. The molecule has 0 saturated heterocycles. The molecular formula is C30H37F12O2Sn2. The molecule has 4 atom stereocenters. The maximum absolute atomic E-state index is 16.6. The zero-order valence-corrected chi connectivity index (χ0v) is 31.5. The van der Waals surface area contributed by atoms with Crippen LogP contribution in [0, 0.1) is 0 Å². The second-order valence-electron chi connectivity index (χ2n) is 10.9. The Kier molecular flexibility index (Phi) is 14.2. The van der Waals surface area contributed by atoms with E-state index in [9.17, 15) is 8.78 Å². The topological polar surface area (TPSA) is 18.5 Å². The van der Waals surface area contributed by atoms with Gasteiger partial charge in [0, 0.05) is 0 Å². The normalized spacial score (nSPS) is 17.8. The zero-order chi connectivity index (χ0) is 35.4. The van der Waals surface area contributed by atoms with Gasteiger partial charge in [-0.05, 0) is 0 Å². The summed E-state index contributed by atoms with van der Waals surface area (Å²) >= 11 is -16.8. The van der Waals surface area contributed by atoms with Crippen LogP contribution >= 0.6 is 0 Å². The average Bonchev–Trinajstić information content (AvgIpc) is 3.04. The molecule has 0 aromatic heterocycles. The van der Waals surface area contributed by atoms with Gasteiger partial charge in [0.15, 0.2) is 0 Å². The van der Waals surface area contributed by atoms with Gasteiger partial charge in [-0.2, -0.15) is 0 Å². The predicted octanol–water partition coefficient (Wildman–Crippen LogP) is 10.1. The standard InChI is InChI=1S/C14H13O.4C4H6F3.O.2Sn/c1-14(15,12-8-4-2-5-9-12)13-10-6-3-7-11-13;4*1-2-3(5)4(6)7;;;/h2-11H,1H3;4*3H,2H2,1H3;;;/q-1;;;;;;;+1. The summed E-state index contributed by atoms with van der Waals surface area (Å²) in [6, 6.07) is 12.9. The Morgan fingerprint density at radius 2 is 0.870 bits per heavy atom. The van der Waals surface area contributed by atoms with Crippen molar-refractivity contribution in [3.05, 3.63) is 71.8 Å². The van der Waals surface area contributed by atoms with Crippen molar-refractivity contribution in [3.63, 3.8) is 0 Å². The molecule has 1 radical (unpaired) electrons. The van der Waals surface area contributed by atoms with Crippen LogP contribution in [0.4, 0.5) is 52.7 Å². The van der Waals surface area contributed by atoms with E-state index in [-0.39, 0.29) is 11.1 Å². The molecule has 0 heterocycles. The van der Waals surface area contributed by atoms with Crippen molar-refractivity contribution in [2.24, 2.45) is 0 Å². The minimum absolute atomic E-state index is 0.214. The molecule has 4 unspecified atom stereocenters.